The van der Waals surface area contributed by atoms with Gasteiger partial charge in [-0.15, -0.1) is 0 Å². The van der Waals surface area contributed by atoms with Crippen LogP contribution >= 0.6 is 0 Å². The summed E-state index contributed by atoms with van der Waals surface area (Å²) in [6.07, 6.45) is 5.92. The Balaban J connectivity index is 2.25. The maximum absolute atomic E-state index is 8.65. The van der Waals surface area contributed by atoms with Gasteiger partial charge in [-0.05, 0) is 26.7 Å². The van der Waals surface area contributed by atoms with Crippen LogP contribution in [0.1, 0.15) is 39.5 Å². The fraction of sp³-hybridized carbons (Fsp3) is 0.692. The Morgan fingerprint density at radius 1 is 1.28 bits per heavy atom. The van der Waals surface area contributed by atoms with Crippen LogP contribution in [0, 0.1) is 0 Å². The molecule has 0 radical (unpaired) electrons. The van der Waals surface area contributed by atoms with E-state index >= 15 is 0 Å². The number of unbranched alkanes of at least 4 members (excludes halogenated alkanes) is 3. The monoisotopic (exact) mass is 253 g/mol. The summed E-state index contributed by atoms with van der Waals surface area (Å²) in [4.78, 5) is 8.40. The number of nitrogens with zero attached hydrogens (tertiary/aromatic N) is 2. The Morgan fingerprint density at radius 3 is 2.78 bits per heavy atom. The molecule has 1 heterocycles. The fourth-order valence-corrected chi connectivity index (χ4v) is 1.52. The van der Waals surface area contributed by atoms with Crippen molar-refractivity contribution in [2.45, 2.75) is 45.6 Å². The average molecular weight is 253 g/mol. The van der Waals surface area contributed by atoms with Crippen molar-refractivity contribution in [1.82, 2.24) is 9.97 Å². The lowest BCUT2D eigenvalue weighted by atomic mass is 10.2. The summed E-state index contributed by atoms with van der Waals surface area (Å²) in [5.74, 6) is 1.21. The lowest BCUT2D eigenvalue weighted by molar-refractivity contribution is 0.232. The van der Waals surface area contributed by atoms with Gasteiger partial charge in [-0.25, -0.2) is 4.98 Å². The minimum absolute atomic E-state index is 0.117. The van der Waals surface area contributed by atoms with Crippen LogP contribution in [0.4, 0.5) is 5.95 Å². The van der Waals surface area contributed by atoms with Gasteiger partial charge in [-0.1, -0.05) is 12.8 Å². The van der Waals surface area contributed by atoms with Crippen LogP contribution in [0.15, 0.2) is 12.3 Å². The molecule has 0 saturated heterocycles. The van der Waals surface area contributed by atoms with Crippen LogP contribution in [0.2, 0.25) is 0 Å². The van der Waals surface area contributed by atoms with Crippen LogP contribution in [0.25, 0.3) is 0 Å². The van der Waals surface area contributed by atoms with E-state index in [1.165, 1.54) is 0 Å². The second-order valence-corrected chi connectivity index (χ2v) is 4.45. The summed E-state index contributed by atoms with van der Waals surface area (Å²) in [7, 11) is 0. The largest absolute Gasteiger partial charge is 0.475 e. The zero-order valence-corrected chi connectivity index (χ0v) is 11.2. The normalized spacial score (nSPS) is 10.7. The number of nitrogens with one attached hydrogen (secondary N) is 1. The predicted molar refractivity (Wildman–Crippen MR) is 71.8 cm³/mol. The molecule has 0 atom stereocenters. The first-order valence-electron chi connectivity index (χ1n) is 6.57. The summed E-state index contributed by atoms with van der Waals surface area (Å²) < 4.78 is 5.50. The molecule has 5 nitrogen and oxygen atoms in total. The van der Waals surface area contributed by atoms with Gasteiger partial charge >= 0.3 is 0 Å². The van der Waals surface area contributed by atoms with Gasteiger partial charge in [0.15, 0.2) is 0 Å². The summed E-state index contributed by atoms with van der Waals surface area (Å²) in [5.41, 5.74) is 0. The average Bonchev–Trinajstić information content (AvgIpc) is 2.33. The number of anilines is 1. The highest BCUT2D eigenvalue weighted by Gasteiger charge is 2.01. The predicted octanol–water partition coefficient (Wildman–Crippen LogP) is 2.23. The smallest absolute Gasteiger partial charge is 0.225 e. The molecule has 18 heavy (non-hydrogen) atoms. The summed E-state index contributed by atoms with van der Waals surface area (Å²) in [6.45, 7) is 5.06. The molecule has 102 valence electrons. The van der Waals surface area contributed by atoms with E-state index in [9.17, 15) is 0 Å². The summed E-state index contributed by atoms with van der Waals surface area (Å²) in [6, 6.07) is 1.76. The standard InChI is InChI=1S/C13H23N3O2/c1-11(2)18-12-7-9-15-13(16-12)14-8-5-3-4-6-10-17/h7,9,11,17H,3-6,8,10H2,1-2H3,(H,14,15,16). The number of aliphatic hydroxyl groups is 1. The van der Waals surface area contributed by atoms with Crippen LogP contribution in [0.3, 0.4) is 0 Å². The number of aromatic nitrogens is 2. The third kappa shape index (κ3) is 6.39. The van der Waals surface area contributed by atoms with Gasteiger partial charge in [-0.2, -0.15) is 4.98 Å². The Morgan fingerprint density at radius 2 is 2.06 bits per heavy atom. The Kier molecular flexibility index (Phi) is 7.10. The van der Waals surface area contributed by atoms with Crippen LogP contribution in [-0.4, -0.2) is 34.3 Å². The van der Waals surface area contributed by atoms with E-state index in [1.807, 2.05) is 13.8 Å². The quantitative estimate of drug-likeness (QED) is 0.661. The van der Waals surface area contributed by atoms with Crippen molar-refractivity contribution in [2.75, 3.05) is 18.5 Å². The van der Waals surface area contributed by atoms with E-state index in [0.29, 0.717) is 11.8 Å². The number of rotatable bonds is 9. The van der Waals surface area contributed by atoms with Crippen LogP contribution in [0.5, 0.6) is 5.88 Å². The lowest BCUT2D eigenvalue weighted by Crippen LogP contribution is -2.10. The third-order valence-corrected chi connectivity index (χ3v) is 2.35. The van der Waals surface area contributed by atoms with Crippen LogP contribution < -0.4 is 10.1 Å². The van der Waals surface area contributed by atoms with Gasteiger partial charge < -0.3 is 15.2 Å². The molecule has 1 aromatic heterocycles. The SMILES string of the molecule is CC(C)Oc1ccnc(NCCCCCCO)n1. The van der Waals surface area contributed by atoms with Gasteiger partial charge in [-0.3, -0.25) is 0 Å². The van der Waals surface area contributed by atoms with E-state index in [-0.39, 0.29) is 12.7 Å². The Bertz CT molecular complexity index is 332. The van der Waals surface area contributed by atoms with Gasteiger partial charge in [0.1, 0.15) is 0 Å². The highest BCUT2D eigenvalue weighted by atomic mass is 16.5. The van der Waals surface area contributed by atoms with E-state index in [0.717, 1.165) is 32.2 Å². The van der Waals surface area contributed by atoms with Crippen molar-refractivity contribution in [3.63, 3.8) is 0 Å². The van der Waals surface area contributed by atoms with Crippen molar-refractivity contribution in [3.05, 3.63) is 12.3 Å². The highest BCUT2D eigenvalue weighted by molar-refractivity contribution is 5.27. The van der Waals surface area contributed by atoms with Gasteiger partial charge in [0.05, 0.1) is 6.10 Å². The molecule has 0 fully saturated rings. The van der Waals surface area contributed by atoms with Crippen LogP contribution in [-0.2, 0) is 0 Å². The summed E-state index contributed by atoms with van der Waals surface area (Å²) in [5, 5.41) is 11.8. The molecule has 0 bridgehead atoms. The number of ether oxygens (including phenoxy) is 1. The zero-order chi connectivity index (χ0) is 13.2. The lowest BCUT2D eigenvalue weighted by Gasteiger charge is -2.09. The van der Waals surface area contributed by atoms with E-state index in [4.69, 9.17) is 9.84 Å². The molecule has 1 aromatic rings. The van der Waals surface area contributed by atoms with Crippen molar-refractivity contribution in [1.29, 1.82) is 0 Å². The molecule has 0 aliphatic rings. The van der Waals surface area contributed by atoms with Crippen molar-refractivity contribution >= 4 is 5.95 Å². The van der Waals surface area contributed by atoms with E-state index < -0.39 is 0 Å². The molecule has 2 N–H and O–H groups in total. The van der Waals surface area contributed by atoms with Gasteiger partial charge in [0.25, 0.3) is 0 Å². The first-order chi connectivity index (χ1) is 8.72. The van der Waals surface area contributed by atoms with Gasteiger partial charge in [0.2, 0.25) is 11.8 Å². The topological polar surface area (TPSA) is 67.3 Å². The highest BCUT2D eigenvalue weighted by Crippen LogP contribution is 2.10. The number of hydrogen-bond acceptors (Lipinski definition) is 5. The molecular weight excluding hydrogens is 230 g/mol. The Labute approximate surface area is 109 Å². The second-order valence-electron chi connectivity index (χ2n) is 4.45. The van der Waals surface area contributed by atoms with Gasteiger partial charge in [0, 0.05) is 25.4 Å². The van der Waals surface area contributed by atoms with Crippen molar-refractivity contribution in [3.8, 4) is 5.88 Å². The fourth-order valence-electron chi connectivity index (χ4n) is 1.52. The third-order valence-electron chi connectivity index (χ3n) is 2.35. The maximum atomic E-state index is 8.65. The number of hydrogen-bond donors (Lipinski definition) is 2. The molecule has 0 aromatic carbocycles. The first-order valence-corrected chi connectivity index (χ1v) is 6.57. The molecule has 0 aliphatic heterocycles. The van der Waals surface area contributed by atoms with Crippen molar-refractivity contribution < 1.29 is 9.84 Å². The molecule has 0 spiro atoms. The first kappa shape index (κ1) is 14.7. The molecule has 0 aliphatic carbocycles. The van der Waals surface area contributed by atoms with Crippen molar-refractivity contribution in [2.24, 2.45) is 0 Å². The van der Waals surface area contributed by atoms with E-state index in [2.05, 4.69) is 15.3 Å². The summed E-state index contributed by atoms with van der Waals surface area (Å²) >= 11 is 0. The minimum atomic E-state index is 0.117. The minimum Gasteiger partial charge on any atom is -0.475 e. The molecule has 1 rings (SSSR count). The second kappa shape index (κ2) is 8.69. The molecule has 0 unspecified atom stereocenters. The molecule has 0 amide bonds. The van der Waals surface area contributed by atoms with E-state index in [1.54, 1.807) is 12.3 Å². The zero-order valence-electron chi connectivity index (χ0n) is 11.2. The molecule has 5 heteroatoms. The Hall–Kier alpha value is -1.36. The number of aliphatic hydroxyl groups excluding tert-OH is 1. The molecule has 0 saturated carbocycles. The maximum Gasteiger partial charge on any atom is 0.225 e. The molecular formula is C13H23N3O2.